The lowest BCUT2D eigenvalue weighted by atomic mass is 10.1. The average molecular weight is 385 g/mol. The van der Waals surface area contributed by atoms with Crippen LogP contribution >= 0.6 is 0 Å². The second-order valence-electron chi connectivity index (χ2n) is 6.67. The van der Waals surface area contributed by atoms with Gasteiger partial charge in [0, 0.05) is 38.3 Å². The average Bonchev–Trinajstić information content (AvgIpc) is 2.73. The summed E-state index contributed by atoms with van der Waals surface area (Å²) < 4.78 is 18.7. The Kier molecular flexibility index (Phi) is 6.60. The second-order valence-corrected chi connectivity index (χ2v) is 6.67. The third-order valence-electron chi connectivity index (χ3n) is 4.78. The summed E-state index contributed by atoms with van der Waals surface area (Å²) in [6.45, 7) is 3.17. The van der Waals surface area contributed by atoms with Crippen LogP contribution in [0.5, 0.6) is 5.75 Å². The Morgan fingerprint density at radius 3 is 2.43 bits per heavy atom. The maximum Gasteiger partial charge on any atom is 0.251 e. The number of nitrogens with one attached hydrogen (secondary N) is 1. The van der Waals surface area contributed by atoms with Crippen LogP contribution in [0.4, 0.5) is 4.39 Å². The molecule has 1 fully saturated rings. The van der Waals surface area contributed by atoms with Crippen molar-refractivity contribution in [2.75, 3.05) is 39.8 Å². The Balaban J connectivity index is 1.44. The van der Waals surface area contributed by atoms with Gasteiger partial charge < -0.3 is 15.0 Å². The number of amides is 2. The number of carbonyl (C=O) groups is 2. The molecular formula is C21H24FN3O3. The lowest BCUT2D eigenvalue weighted by Gasteiger charge is -2.34. The molecule has 3 rings (SSSR count). The summed E-state index contributed by atoms with van der Waals surface area (Å²) in [6.07, 6.45) is 0. The van der Waals surface area contributed by atoms with E-state index in [1.807, 2.05) is 12.1 Å². The van der Waals surface area contributed by atoms with E-state index in [0.717, 1.165) is 5.56 Å². The van der Waals surface area contributed by atoms with E-state index in [1.54, 1.807) is 35.2 Å². The Morgan fingerprint density at radius 1 is 1.07 bits per heavy atom. The molecule has 2 amide bonds. The van der Waals surface area contributed by atoms with E-state index in [0.29, 0.717) is 38.3 Å². The van der Waals surface area contributed by atoms with Gasteiger partial charge in [-0.1, -0.05) is 24.3 Å². The minimum Gasteiger partial charge on any atom is -0.494 e. The van der Waals surface area contributed by atoms with Crippen molar-refractivity contribution >= 4 is 11.8 Å². The smallest absolute Gasteiger partial charge is 0.251 e. The minimum absolute atomic E-state index is 0.0164. The number of benzene rings is 2. The molecule has 1 saturated heterocycles. The van der Waals surface area contributed by atoms with Crippen LogP contribution in [-0.2, 0) is 11.3 Å². The molecule has 1 aliphatic heterocycles. The number of methoxy groups -OCH3 is 1. The highest BCUT2D eigenvalue weighted by atomic mass is 19.1. The molecular weight excluding hydrogens is 361 g/mol. The van der Waals surface area contributed by atoms with Gasteiger partial charge >= 0.3 is 0 Å². The van der Waals surface area contributed by atoms with Gasteiger partial charge in [-0.15, -0.1) is 0 Å². The molecule has 1 N–H and O–H groups in total. The number of ether oxygens (including phenoxy) is 1. The third kappa shape index (κ3) is 5.07. The van der Waals surface area contributed by atoms with Crippen LogP contribution in [0, 0.1) is 5.82 Å². The van der Waals surface area contributed by atoms with Crippen molar-refractivity contribution in [3.8, 4) is 5.75 Å². The molecule has 0 bridgehead atoms. The molecule has 1 aliphatic rings. The molecule has 28 heavy (non-hydrogen) atoms. The Labute approximate surface area is 163 Å². The number of piperazine rings is 1. The molecule has 0 atom stereocenters. The van der Waals surface area contributed by atoms with Crippen molar-refractivity contribution in [1.29, 1.82) is 0 Å². The zero-order chi connectivity index (χ0) is 19.9. The van der Waals surface area contributed by atoms with Gasteiger partial charge in [-0.05, 0) is 29.8 Å². The van der Waals surface area contributed by atoms with Gasteiger partial charge in [0.1, 0.15) is 0 Å². The largest absolute Gasteiger partial charge is 0.494 e. The summed E-state index contributed by atoms with van der Waals surface area (Å²) in [5, 5.41) is 2.67. The van der Waals surface area contributed by atoms with Crippen molar-refractivity contribution in [1.82, 2.24) is 15.1 Å². The van der Waals surface area contributed by atoms with Crippen LogP contribution in [0.1, 0.15) is 15.9 Å². The monoisotopic (exact) mass is 385 g/mol. The molecule has 6 nitrogen and oxygen atoms in total. The van der Waals surface area contributed by atoms with Crippen LogP contribution in [0.3, 0.4) is 0 Å². The molecule has 1 heterocycles. The molecule has 0 aromatic heterocycles. The van der Waals surface area contributed by atoms with E-state index >= 15 is 0 Å². The number of carbonyl (C=O) groups excluding carboxylic acids is 2. The Hall–Kier alpha value is -2.93. The Morgan fingerprint density at radius 2 is 1.79 bits per heavy atom. The van der Waals surface area contributed by atoms with Crippen molar-refractivity contribution in [2.45, 2.75) is 6.54 Å². The summed E-state index contributed by atoms with van der Waals surface area (Å²) in [5.41, 5.74) is 1.40. The van der Waals surface area contributed by atoms with Gasteiger partial charge in [-0.3, -0.25) is 14.5 Å². The van der Waals surface area contributed by atoms with E-state index in [1.165, 1.54) is 13.2 Å². The highest BCUT2D eigenvalue weighted by Crippen LogP contribution is 2.19. The number of hydrogen-bond donors (Lipinski definition) is 1. The van der Waals surface area contributed by atoms with Crippen molar-refractivity contribution in [2.24, 2.45) is 0 Å². The predicted octanol–water partition coefficient (Wildman–Crippen LogP) is 1.91. The quantitative estimate of drug-likeness (QED) is 0.825. The fourth-order valence-electron chi connectivity index (χ4n) is 3.18. The van der Waals surface area contributed by atoms with Gasteiger partial charge in [-0.2, -0.15) is 0 Å². The lowest BCUT2D eigenvalue weighted by Crippen LogP contribution is -2.50. The predicted molar refractivity (Wildman–Crippen MR) is 104 cm³/mol. The second kappa shape index (κ2) is 9.32. The fraction of sp³-hybridized carbons (Fsp3) is 0.333. The molecule has 0 unspecified atom stereocenters. The van der Waals surface area contributed by atoms with Crippen molar-refractivity contribution < 1.29 is 18.7 Å². The topological polar surface area (TPSA) is 61.9 Å². The summed E-state index contributed by atoms with van der Waals surface area (Å²) in [6, 6.07) is 13.8. The summed E-state index contributed by atoms with van der Waals surface area (Å²) in [7, 11) is 1.44. The first-order valence-corrected chi connectivity index (χ1v) is 9.22. The zero-order valence-corrected chi connectivity index (χ0v) is 15.9. The molecule has 0 saturated carbocycles. The summed E-state index contributed by atoms with van der Waals surface area (Å²) in [5.74, 6) is -0.492. The van der Waals surface area contributed by atoms with Gasteiger partial charge in [-0.25, -0.2) is 4.39 Å². The van der Waals surface area contributed by atoms with E-state index in [9.17, 15) is 14.0 Å². The standard InChI is InChI=1S/C21H24FN3O3/c1-28-19-8-7-16(13-18(19)22)15-24-9-11-25(12-10-24)20(26)14-23-21(27)17-5-3-2-4-6-17/h2-8,13H,9-12,14-15H2,1H3,(H,23,27). The van der Waals surface area contributed by atoms with E-state index in [-0.39, 0.29) is 29.9 Å². The first kappa shape index (κ1) is 19.8. The summed E-state index contributed by atoms with van der Waals surface area (Å²) >= 11 is 0. The fourth-order valence-corrected chi connectivity index (χ4v) is 3.18. The maximum atomic E-state index is 13.8. The zero-order valence-electron chi connectivity index (χ0n) is 15.9. The van der Waals surface area contributed by atoms with Crippen LogP contribution in [0.15, 0.2) is 48.5 Å². The number of rotatable bonds is 6. The lowest BCUT2D eigenvalue weighted by molar-refractivity contribution is -0.131. The van der Waals surface area contributed by atoms with Crippen LogP contribution in [-0.4, -0.2) is 61.4 Å². The van der Waals surface area contributed by atoms with Gasteiger partial charge in [0.05, 0.1) is 13.7 Å². The molecule has 7 heteroatoms. The van der Waals surface area contributed by atoms with Crippen molar-refractivity contribution in [3.05, 3.63) is 65.5 Å². The first-order valence-electron chi connectivity index (χ1n) is 9.22. The maximum absolute atomic E-state index is 13.8. The number of halogens is 1. The normalized spacial score (nSPS) is 14.6. The Bertz CT molecular complexity index is 821. The SMILES string of the molecule is COc1ccc(CN2CCN(C(=O)CNC(=O)c3ccccc3)CC2)cc1F. The van der Waals surface area contributed by atoms with Crippen LogP contribution in [0.25, 0.3) is 0 Å². The van der Waals surface area contributed by atoms with Gasteiger partial charge in [0.25, 0.3) is 5.91 Å². The van der Waals surface area contributed by atoms with E-state index < -0.39 is 0 Å². The molecule has 148 valence electrons. The summed E-state index contributed by atoms with van der Waals surface area (Å²) in [4.78, 5) is 28.3. The van der Waals surface area contributed by atoms with Gasteiger partial charge in [0.15, 0.2) is 11.6 Å². The van der Waals surface area contributed by atoms with Crippen molar-refractivity contribution in [3.63, 3.8) is 0 Å². The number of nitrogens with zero attached hydrogens (tertiary/aromatic N) is 2. The minimum atomic E-state index is -0.372. The highest BCUT2D eigenvalue weighted by Gasteiger charge is 2.21. The molecule has 0 spiro atoms. The number of hydrogen-bond acceptors (Lipinski definition) is 4. The van der Waals surface area contributed by atoms with E-state index in [2.05, 4.69) is 10.2 Å². The van der Waals surface area contributed by atoms with Crippen LogP contribution < -0.4 is 10.1 Å². The molecule has 0 radical (unpaired) electrons. The molecule has 2 aromatic rings. The highest BCUT2D eigenvalue weighted by molar-refractivity contribution is 5.96. The van der Waals surface area contributed by atoms with Gasteiger partial charge in [0.2, 0.25) is 5.91 Å². The molecule has 0 aliphatic carbocycles. The third-order valence-corrected chi connectivity index (χ3v) is 4.78. The van der Waals surface area contributed by atoms with E-state index in [4.69, 9.17) is 4.74 Å². The first-order chi connectivity index (χ1) is 13.6. The van der Waals surface area contributed by atoms with Crippen LogP contribution in [0.2, 0.25) is 0 Å². The molecule has 2 aromatic carbocycles.